The lowest BCUT2D eigenvalue weighted by Gasteiger charge is -2.29. The summed E-state index contributed by atoms with van der Waals surface area (Å²) in [5.74, 6) is -0.883. The van der Waals surface area contributed by atoms with Crippen molar-refractivity contribution in [3.8, 4) is 0 Å². The summed E-state index contributed by atoms with van der Waals surface area (Å²) in [5.41, 5.74) is 0.805. The molecule has 1 fully saturated rings. The number of sulfonamides is 1. The van der Waals surface area contributed by atoms with Crippen molar-refractivity contribution in [2.45, 2.75) is 39.7 Å². The average molecular weight is 423 g/mol. The molecule has 0 aliphatic carbocycles. The molecule has 2 rings (SSSR count). The molecule has 0 aromatic heterocycles. The van der Waals surface area contributed by atoms with Crippen molar-refractivity contribution in [2.24, 2.45) is 11.8 Å². The summed E-state index contributed by atoms with van der Waals surface area (Å²) in [6.07, 6.45) is 2.31. The molecule has 29 heavy (non-hydrogen) atoms. The number of carbonyl (C=O) groups is 2. The van der Waals surface area contributed by atoms with Gasteiger partial charge in [0.2, 0.25) is 10.0 Å². The molecule has 0 bridgehead atoms. The number of nitrogens with one attached hydrogen (secondary N) is 1. The standard InChI is InChI=1S/C21H30N2O5S/c1-16(2)17(3)22-20(24)15-28-21(25)19-9-12-23(13-10-19)29(26,27)14-11-18-7-5-4-6-8-18/h4-8,11,14,16-17,19H,9-10,12-13,15H2,1-3H3,(H,22,24)/b14-11+/t17-/m0/s1. The van der Waals surface area contributed by atoms with Crippen LogP contribution in [0.4, 0.5) is 0 Å². The molecular formula is C21H30N2O5S. The summed E-state index contributed by atoms with van der Waals surface area (Å²) < 4.78 is 31.4. The lowest BCUT2D eigenvalue weighted by molar-refractivity contribution is -0.153. The normalized spacial score (nSPS) is 17.4. The molecule has 1 aromatic carbocycles. The van der Waals surface area contributed by atoms with E-state index < -0.39 is 21.9 Å². The third-order valence-corrected chi connectivity index (χ3v) is 6.68. The van der Waals surface area contributed by atoms with Gasteiger partial charge in [-0.3, -0.25) is 9.59 Å². The van der Waals surface area contributed by atoms with Gasteiger partial charge in [0.25, 0.3) is 5.91 Å². The van der Waals surface area contributed by atoms with E-state index >= 15 is 0 Å². The fourth-order valence-electron chi connectivity index (χ4n) is 2.88. The monoisotopic (exact) mass is 422 g/mol. The Balaban J connectivity index is 1.79. The molecule has 1 N–H and O–H groups in total. The zero-order chi connectivity index (χ0) is 21.4. The molecule has 8 heteroatoms. The smallest absolute Gasteiger partial charge is 0.309 e. The number of piperidine rings is 1. The number of nitrogens with zero attached hydrogens (tertiary/aromatic N) is 1. The highest BCUT2D eigenvalue weighted by atomic mass is 32.2. The van der Waals surface area contributed by atoms with E-state index in [0.29, 0.717) is 12.8 Å². The maximum Gasteiger partial charge on any atom is 0.309 e. The highest BCUT2D eigenvalue weighted by molar-refractivity contribution is 7.92. The molecule has 1 aliphatic heterocycles. The first-order valence-corrected chi connectivity index (χ1v) is 11.4. The van der Waals surface area contributed by atoms with Gasteiger partial charge in [-0.05, 0) is 37.3 Å². The van der Waals surface area contributed by atoms with Crippen molar-refractivity contribution < 1.29 is 22.7 Å². The molecule has 160 valence electrons. The summed E-state index contributed by atoms with van der Waals surface area (Å²) in [6, 6.07) is 9.20. The minimum absolute atomic E-state index is 0.00131. The number of rotatable bonds is 8. The zero-order valence-electron chi connectivity index (χ0n) is 17.2. The van der Waals surface area contributed by atoms with Crippen LogP contribution < -0.4 is 5.32 Å². The van der Waals surface area contributed by atoms with Crippen LogP contribution in [-0.2, 0) is 24.3 Å². The SMILES string of the molecule is CC(C)[C@H](C)NC(=O)COC(=O)C1CCN(S(=O)(=O)/C=C/c2ccccc2)CC1. The minimum Gasteiger partial charge on any atom is -0.455 e. The Labute approximate surface area is 173 Å². The summed E-state index contributed by atoms with van der Waals surface area (Å²) >= 11 is 0. The number of amides is 1. The maximum absolute atomic E-state index is 12.5. The van der Waals surface area contributed by atoms with Crippen molar-refractivity contribution in [2.75, 3.05) is 19.7 Å². The predicted molar refractivity (Wildman–Crippen MR) is 112 cm³/mol. The quantitative estimate of drug-likeness (QED) is 0.650. The predicted octanol–water partition coefficient (Wildman–Crippen LogP) is 2.40. The maximum atomic E-state index is 12.5. The van der Waals surface area contributed by atoms with Gasteiger partial charge in [-0.15, -0.1) is 0 Å². The van der Waals surface area contributed by atoms with Crippen LogP contribution in [0.5, 0.6) is 0 Å². The fraction of sp³-hybridized carbons (Fsp3) is 0.524. The Morgan fingerprint density at radius 1 is 1.17 bits per heavy atom. The van der Waals surface area contributed by atoms with E-state index in [2.05, 4.69) is 5.32 Å². The van der Waals surface area contributed by atoms with Crippen LogP contribution in [0.1, 0.15) is 39.2 Å². The molecule has 0 radical (unpaired) electrons. The molecule has 1 heterocycles. The number of esters is 1. The molecule has 1 aromatic rings. The molecule has 1 amide bonds. The van der Waals surface area contributed by atoms with Gasteiger partial charge in [0.1, 0.15) is 0 Å². The van der Waals surface area contributed by atoms with Crippen molar-refractivity contribution in [1.82, 2.24) is 9.62 Å². The molecule has 1 saturated heterocycles. The van der Waals surface area contributed by atoms with Gasteiger partial charge in [0, 0.05) is 24.5 Å². The van der Waals surface area contributed by atoms with Gasteiger partial charge in [-0.1, -0.05) is 44.2 Å². The van der Waals surface area contributed by atoms with Gasteiger partial charge >= 0.3 is 5.97 Å². The van der Waals surface area contributed by atoms with E-state index in [-0.39, 0.29) is 37.6 Å². The number of benzene rings is 1. The topological polar surface area (TPSA) is 92.8 Å². The Morgan fingerprint density at radius 3 is 2.38 bits per heavy atom. The molecule has 1 aliphatic rings. The number of hydrogen-bond acceptors (Lipinski definition) is 5. The first-order valence-electron chi connectivity index (χ1n) is 9.88. The van der Waals surface area contributed by atoms with E-state index in [9.17, 15) is 18.0 Å². The summed E-state index contributed by atoms with van der Waals surface area (Å²) in [6.45, 7) is 6.07. The van der Waals surface area contributed by atoms with E-state index in [1.165, 1.54) is 9.71 Å². The van der Waals surface area contributed by atoms with Crippen molar-refractivity contribution in [1.29, 1.82) is 0 Å². The summed E-state index contributed by atoms with van der Waals surface area (Å²) in [5, 5.41) is 3.98. The molecule has 0 unspecified atom stereocenters. The third-order valence-electron chi connectivity index (χ3n) is 5.11. The number of hydrogen-bond donors (Lipinski definition) is 1. The second-order valence-electron chi connectivity index (χ2n) is 7.64. The van der Waals surface area contributed by atoms with Crippen LogP contribution in [0.2, 0.25) is 0 Å². The number of carbonyl (C=O) groups excluding carboxylic acids is 2. The van der Waals surface area contributed by atoms with Crippen LogP contribution in [0, 0.1) is 11.8 Å². The highest BCUT2D eigenvalue weighted by Crippen LogP contribution is 2.22. The largest absolute Gasteiger partial charge is 0.455 e. The fourth-order valence-corrected chi connectivity index (χ4v) is 4.10. The van der Waals surface area contributed by atoms with Crippen LogP contribution >= 0.6 is 0 Å². The van der Waals surface area contributed by atoms with Gasteiger partial charge in [0.05, 0.1) is 5.92 Å². The van der Waals surface area contributed by atoms with E-state index in [1.807, 2.05) is 51.1 Å². The van der Waals surface area contributed by atoms with E-state index in [4.69, 9.17) is 4.74 Å². The van der Waals surface area contributed by atoms with Crippen molar-refractivity contribution >= 4 is 28.0 Å². The van der Waals surface area contributed by atoms with Gasteiger partial charge in [0.15, 0.2) is 6.61 Å². The average Bonchev–Trinajstić information content (AvgIpc) is 2.71. The summed E-state index contributed by atoms with van der Waals surface area (Å²) in [4.78, 5) is 24.0. The third kappa shape index (κ3) is 7.29. The molecule has 0 spiro atoms. The van der Waals surface area contributed by atoms with Gasteiger partial charge in [-0.25, -0.2) is 8.42 Å². The lowest BCUT2D eigenvalue weighted by Crippen LogP contribution is -2.41. The van der Waals surface area contributed by atoms with E-state index in [0.717, 1.165) is 5.56 Å². The Bertz CT molecular complexity index is 813. The van der Waals surface area contributed by atoms with Crippen molar-refractivity contribution in [3.05, 3.63) is 41.3 Å². The Hall–Kier alpha value is -2.19. The Morgan fingerprint density at radius 2 is 1.79 bits per heavy atom. The zero-order valence-corrected chi connectivity index (χ0v) is 18.0. The second kappa shape index (κ2) is 10.5. The van der Waals surface area contributed by atoms with Crippen LogP contribution in [0.3, 0.4) is 0 Å². The lowest BCUT2D eigenvalue weighted by atomic mass is 9.98. The molecule has 1 atom stereocenters. The van der Waals surface area contributed by atoms with Gasteiger partial charge < -0.3 is 10.1 Å². The Kier molecular flexibility index (Phi) is 8.40. The molecule has 0 saturated carbocycles. The van der Waals surface area contributed by atoms with Crippen LogP contribution in [-0.4, -0.2) is 50.3 Å². The summed E-state index contributed by atoms with van der Waals surface area (Å²) in [7, 11) is -3.54. The highest BCUT2D eigenvalue weighted by Gasteiger charge is 2.31. The molecular weight excluding hydrogens is 392 g/mol. The minimum atomic E-state index is -3.54. The van der Waals surface area contributed by atoms with Gasteiger partial charge in [-0.2, -0.15) is 4.31 Å². The first kappa shape index (κ1) is 23.1. The molecule has 7 nitrogen and oxygen atoms in total. The van der Waals surface area contributed by atoms with Crippen LogP contribution in [0.25, 0.3) is 6.08 Å². The van der Waals surface area contributed by atoms with E-state index in [1.54, 1.807) is 6.08 Å². The first-order chi connectivity index (χ1) is 13.7. The second-order valence-corrected chi connectivity index (χ2v) is 9.46. The van der Waals surface area contributed by atoms with Crippen LogP contribution in [0.15, 0.2) is 35.7 Å². The van der Waals surface area contributed by atoms with Crippen molar-refractivity contribution in [3.63, 3.8) is 0 Å². The number of ether oxygens (including phenoxy) is 1.